The van der Waals surface area contributed by atoms with E-state index in [0.717, 1.165) is 35.0 Å². The van der Waals surface area contributed by atoms with E-state index in [1.54, 1.807) is 11.2 Å². The second kappa shape index (κ2) is 7.00. The van der Waals surface area contributed by atoms with Crippen molar-refractivity contribution in [3.05, 3.63) is 54.4 Å². The number of hydrogen-bond acceptors (Lipinski definition) is 4. The van der Waals surface area contributed by atoms with Gasteiger partial charge in [-0.25, -0.2) is 4.98 Å². The number of rotatable bonds is 2. The van der Waals surface area contributed by atoms with E-state index in [1.165, 1.54) is 0 Å². The molecule has 1 aromatic heterocycles. The Labute approximate surface area is 168 Å². The maximum atomic E-state index is 13.0. The normalized spacial score (nSPS) is 18.8. The van der Waals surface area contributed by atoms with Gasteiger partial charge in [-0.15, -0.1) is 0 Å². The Kier molecular flexibility index (Phi) is 4.32. The van der Waals surface area contributed by atoms with E-state index in [-0.39, 0.29) is 11.8 Å². The summed E-state index contributed by atoms with van der Waals surface area (Å²) < 4.78 is 0. The minimum Gasteiger partial charge on any atom is -0.353 e. The smallest absolute Gasteiger partial charge is 0.253 e. The topological polar surface area (TPSA) is 90.1 Å². The maximum Gasteiger partial charge on any atom is 0.253 e. The Hall–Kier alpha value is -3.19. The Morgan fingerprint density at radius 1 is 1.00 bits per heavy atom. The average molecular weight is 389 g/mol. The van der Waals surface area contributed by atoms with Crippen LogP contribution in [0.25, 0.3) is 22.2 Å². The summed E-state index contributed by atoms with van der Waals surface area (Å²) in [4.78, 5) is 34.4. The van der Waals surface area contributed by atoms with Gasteiger partial charge in [0, 0.05) is 31.7 Å². The van der Waals surface area contributed by atoms with Crippen LogP contribution in [0.1, 0.15) is 23.2 Å². The molecule has 3 aromatic rings. The number of amides is 2. The number of fused-ring (bicyclic) bond motifs is 1. The first-order chi connectivity index (χ1) is 14.1. The van der Waals surface area contributed by atoms with Crippen molar-refractivity contribution < 1.29 is 9.59 Å². The van der Waals surface area contributed by atoms with Gasteiger partial charge < -0.3 is 20.5 Å². The molecule has 1 aliphatic heterocycles. The Morgan fingerprint density at radius 3 is 2.55 bits per heavy atom. The number of carbonyl (C=O) groups is 2. The highest BCUT2D eigenvalue weighted by Crippen LogP contribution is 2.35. The molecule has 0 unspecified atom stereocenters. The monoisotopic (exact) mass is 389 g/mol. The van der Waals surface area contributed by atoms with Crippen molar-refractivity contribution in [2.75, 3.05) is 26.2 Å². The molecule has 0 bridgehead atoms. The molecule has 1 spiro atoms. The van der Waals surface area contributed by atoms with Crippen LogP contribution in [0.2, 0.25) is 0 Å². The standard InChI is InChI=1S/C22H23N5O2/c28-20(27-11-9-23-21(29)22(7-8-22)26-10-12-27)16-3-1-15(2-4-16)17-5-6-18-19(13-17)25-14-24-18/h1-6,13-14,26H,7-12H2,(H,23,29)(H,24,25). The van der Waals surface area contributed by atoms with Crippen LogP contribution in [-0.4, -0.2) is 58.4 Å². The summed E-state index contributed by atoms with van der Waals surface area (Å²) in [6.45, 7) is 2.21. The number of aromatic amines is 1. The van der Waals surface area contributed by atoms with E-state index in [2.05, 4.69) is 26.7 Å². The highest BCUT2D eigenvalue weighted by Gasteiger charge is 2.49. The fraction of sp³-hybridized carbons (Fsp3) is 0.318. The van der Waals surface area contributed by atoms with Gasteiger partial charge in [-0.05, 0) is 48.2 Å². The van der Waals surface area contributed by atoms with Gasteiger partial charge in [-0.3, -0.25) is 9.59 Å². The fourth-order valence-electron chi connectivity index (χ4n) is 3.93. The molecule has 7 nitrogen and oxygen atoms in total. The molecule has 0 radical (unpaired) electrons. The largest absolute Gasteiger partial charge is 0.353 e. The molecule has 7 heteroatoms. The van der Waals surface area contributed by atoms with Gasteiger partial charge in [0.05, 0.1) is 22.9 Å². The SMILES string of the molecule is O=C(c1ccc(-c2ccc3nc[nH]c3c2)cc1)N1CCNC(=O)C2(CC2)NCC1. The number of nitrogens with zero attached hydrogens (tertiary/aromatic N) is 2. The summed E-state index contributed by atoms with van der Waals surface area (Å²) >= 11 is 0. The molecule has 1 saturated carbocycles. The van der Waals surface area contributed by atoms with E-state index in [4.69, 9.17) is 0 Å². The molecule has 1 saturated heterocycles. The maximum absolute atomic E-state index is 13.0. The highest BCUT2D eigenvalue weighted by atomic mass is 16.2. The number of imidazole rings is 1. The van der Waals surface area contributed by atoms with Crippen molar-refractivity contribution in [3.8, 4) is 11.1 Å². The quantitative estimate of drug-likeness (QED) is 0.625. The molecule has 5 rings (SSSR count). The molecule has 0 atom stereocenters. The number of H-pyrrole nitrogens is 1. The van der Waals surface area contributed by atoms with Gasteiger partial charge in [0.15, 0.2) is 0 Å². The van der Waals surface area contributed by atoms with Crippen molar-refractivity contribution in [3.63, 3.8) is 0 Å². The van der Waals surface area contributed by atoms with Gasteiger partial charge in [-0.2, -0.15) is 0 Å². The molecule has 148 valence electrons. The minimum absolute atomic E-state index is 0.0108. The predicted octanol–water partition coefficient (Wildman–Crippen LogP) is 1.92. The van der Waals surface area contributed by atoms with E-state index in [0.29, 0.717) is 31.7 Å². The first kappa shape index (κ1) is 17.9. The van der Waals surface area contributed by atoms with Gasteiger partial charge in [-0.1, -0.05) is 18.2 Å². The zero-order valence-corrected chi connectivity index (χ0v) is 16.1. The zero-order valence-electron chi connectivity index (χ0n) is 16.1. The lowest BCUT2D eigenvalue weighted by atomic mass is 10.0. The van der Waals surface area contributed by atoms with Crippen molar-refractivity contribution in [2.45, 2.75) is 18.4 Å². The Balaban J connectivity index is 1.31. The van der Waals surface area contributed by atoms with Crippen LogP contribution in [0.5, 0.6) is 0 Å². The second-order valence-electron chi connectivity index (χ2n) is 7.77. The third-order valence-electron chi connectivity index (χ3n) is 5.87. The van der Waals surface area contributed by atoms with Crippen LogP contribution in [0.4, 0.5) is 0 Å². The molecule has 2 aromatic carbocycles. The van der Waals surface area contributed by atoms with Gasteiger partial charge in [0.2, 0.25) is 5.91 Å². The van der Waals surface area contributed by atoms with E-state index in [1.807, 2.05) is 36.4 Å². The number of hydrogen-bond donors (Lipinski definition) is 3. The van der Waals surface area contributed by atoms with E-state index < -0.39 is 5.54 Å². The molecule has 2 aliphatic rings. The van der Waals surface area contributed by atoms with Crippen molar-refractivity contribution in [1.29, 1.82) is 0 Å². The van der Waals surface area contributed by atoms with Crippen molar-refractivity contribution in [2.24, 2.45) is 0 Å². The van der Waals surface area contributed by atoms with E-state index in [9.17, 15) is 9.59 Å². The van der Waals surface area contributed by atoms with Crippen LogP contribution >= 0.6 is 0 Å². The highest BCUT2D eigenvalue weighted by molar-refractivity contribution is 5.95. The summed E-state index contributed by atoms with van der Waals surface area (Å²) in [5, 5.41) is 6.28. The summed E-state index contributed by atoms with van der Waals surface area (Å²) in [5.74, 6) is 0.0498. The molecule has 29 heavy (non-hydrogen) atoms. The van der Waals surface area contributed by atoms with Crippen LogP contribution in [-0.2, 0) is 4.79 Å². The predicted molar refractivity (Wildman–Crippen MR) is 110 cm³/mol. The molecule has 2 heterocycles. The van der Waals surface area contributed by atoms with Crippen LogP contribution in [0.3, 0.4) is 0 Å². The molecule has 2 fully saturated rings. The summed E-state index contributed by atoms with van der Waals surface area (Å²) in [5.41, 5.74) is 4.31. The summed E-state index contributed by atoms with van der Waals surface area (Å²) in [6.07, 6.45) is 3.43. The molecular formula is C22H23N5O2. The lowest BCUT2D eigenvalue weighted by molar-refractivity contribution is -0.124. The average Bonchev–Trinajstić information content (AvgIpc) is 3.37. The first-order valence-electron chi connectivity index (χ1n) is 10.0. The lowest BCUT2D eigenvalue weighted by Crippen LogP contribution is -2.46. The second-order valence-corrected chi connectivity index (χ2v) is 7.77. The number of carbonyl (C=O) groups excluding carboxylic acids is 2. The molecule has 3 N–H and O–H groups in total. The Bertz CT molecular complexity index is 1070. The molecule has 1 aliphatic carbocycles. The zero-order chi connectivity index (χ0) is 19.8. The van der Waals surface area contributed by atoms with Crippen LogP contribution in [0.15, 0.2) is 48.8 Å². The fourth-order valence-corrected chi connectivity index (χ4v) is 3.93. The third kappa shape index (κ3) is 3.38. The van der Waals surface area contributed by atoms with E-state index >= 15 is 0 Å². The van der Waals surface area contributed by atoms with Gasteiger partial charge in [0.25, 0.3) is 5.91 Å². The van der Waals surface area contributed by atoms with Gasteiger partial charge in [0.1, 0.15) is 0 Å². The third-order valence-corrected chi connectivity index (χ3v) is 5.87. The van der Waals surface area contributed by atoms with Crippen molar-refractivity contribution in [1.82, 2.24) is 25.5 Å². The van der Waals surface area contributed by atoms with Gasteiger partial charge >= 0.3 is 0 Å². The number of benzene rings is 2. The van der Waals surface area contributed by atoms with Crippen molar-refractivity contribution >= 4 is 22.8 Å². The molecular weight excluding hydrogens is 366 g/mol. The number of nitrogens with one attached hydrogen (secondary N) is 3. The van der Waals surface area contributed by atoms with Crippen LogP contribution in [0, 0.1) is 0 Å². The minimum atomic E-state index is -0.392. The molecule has 2 amide bonds. The first-order valence-corrected chi connectivity index (χ1v) is 10.0. The summed E-state index contributed by atoms with van der Waals surface area (Å²) in [6, 6.07) is 13.8. The lowest BCUT2D eigenvalue weighted by Gasteiger charge is -2.22. The number of aromatic nitrogens is 2. The Morgan fingerprint density at radius 2 is 1.76 bits per heavy atom. The summed E-state index contributed by atoms with van der Waals surface area (Å²) in [7, 11) is 0. The van der Waals surface area contributed by atoms with Crippen LogP contribution < -0.4 is 10.6 Å².